The Morgan fingerprint density at radius 2 is 1.68 bits per heavy atom. The van der Waals surface area contributed by atoms with Crippen molar-refractivity contribution < 1.29 is 19.3 Å². The molecule has 6 rings (SSSR count). The molecule has 0 saturated carbocycles. The summed E-state index contributed by atoms with van der Waals surface area (Å²) in [6, 6.07) is 19.1. The number of likely N-dealkylation sites (N-methyl/N-ethyl adjacent to an activating group) is 1. The highest BCUT2D eigenvalue weighted by Crippen LogP contribution is 2.39. The molecular formula is C33H32N6O5. The predicted octanol–water partition coefficient (Wildman–Crippen LogP) is 5.08. The van der Waals surface area contributed by atoms with Gasteiger partial charge in [0.25, 0.3) is 17.5 Å². The number of nitrogens with zero attached hydrogens (tertiary/aromatic N) is 3. The molecule has 2 saturated heterocycles. The molecular weight excluding hydrogens is 560 g/mol. The number of benzene rings is 3. The van der Waals surface area contributed by atoms with E-state index in [0.717, 1.165) is 36.5 Å². The van der Waals surface area contributed by atoms with Gasteiger partial charge in [-0.25, -0.2) is 4.79 Å². The van der Waals surface area contributed by atoms with Gasteiger partial charge in [-0.3, -0.25) is 24.6 Å². The van der Waals surface area contributed by atoms with Gasteiger partial charge in [0, 0.05) is 42.7 Å². The third kappa shape index (κ3) is 5.95. The van der Waals surface area contributed by atoms with Gasteiger partial charge in [-0.05, 0) is 73.3 Å². The molecule has 0 spiro atoms. The quantitative estimate of drug-likeness (QED) is 0.144. The molecule has 3 aliphatic rings. The third-order valence-corrected chi connectivity index (χ3v) is 8.19. The first kappa shape index (κ1) is 28.8. The van der Waals surface area contributed by atoms with E-state index >= 15 is 0 Å². The van der Waals surface area contributed by atoms with Crippen LogP contribution < -0.4 is 16.0 Å². The minimum atomic E-state index is -0.483. The zero-order valence-electron chi connectivity index (χ0n) is 24.3. The van der Waals surface area contributed by atoms with Gasteiger partial charge < -0.3 is 20.9 Å². The summed E-state index contributed by atoms with van der Waals surface area (Å²) in [5, 5.41) is 20.3. The molecule has 0 aliphatic carbocycles. The number of fused-ring (bicyclic) bond motifs is 1. The predicted molar refractivity (Wildman–Crippen MR) is 168 cm³/mol. The normalized spacial score (nSPS) is 18.7. The Morgan fingerprint density at radius 3 is 2.34 bits per heavy atom. The van der Waals surface area contributed by atoms with Crippen molar-refractivity contribution in [2.24, 2.45) is 0 Å². The molecule has 3 aromatic carbocycles. The van der Waals surface area contributed by atoms with Crippen LogP contribution in [-0.2, 0) is 16.0 Å². The molecule has 3 aliphatic heterocycles. The molecule has 3 heterocycles. The number of imide groups is 1. The number of anilines is 2. The fraction of sp³-hybridized carbons (Fsp3) is 0.242. The maximum absolute atomic E-state index is 13.3. The molecule has 3 aromatic rings. The minimum Gasteiger partial charge on any atom is -0.354 e. The molecule has 0 aromatic heterocycles. The molecule has 2 fully saturated rings. The number of rotatable bonds is 8. The number of piperidine rings is 1. The number of carbonyl (C=O) groups is 3. The molecule has 44 heavy (non-hydrogen) atoms. The van der Waals surface area contributed by atoms with Crippen LogP contribution in [0.3, 0.4) is 0 Å². The van der Waals surface area contributed by atoms with Crippen molar-refractivity contribution in [2.75, 3.05) is 37.3 Å². The summed E-state index contributed by atoms with van der Waals surface area (Å²) in [5.74, 6) is -0.776. The van der Waals surface area contributed by atoms with Crippen LogP contribution in [0.25, 0.3) is 17.3 Å². The fourth-order valence-electron chi connectivity index (χ4n) is 5.70. The highest BCUT2D eigenvalue weighted by Gasteiger charge is 2.31. The summed E-state index contributed by atoms with van der Waals surface area (Å²) in [6.07, 6.45) is 6.30. The fourth-order valence-corrected chi connectivity index (χ4v) is 5.70. The second-order valence-corrected chi connectivity index (χ2v) is 11.1. The number of nitrogens with one attached hydrogen (secondary N) is 3. The summed E-state index contributed by atoms with van der Waals surface area (Å²) in [7, 11) is 1.41. The van der Waals surface area contributed by atoms with Crippen LogP contribution in [0.15, 0.2) is 72.4 Å². The molecule has 4 amide bonds. The van der Waals surface area contributed by atoms with E-state index in [4.69, 9.17) is 0 Å². The van der Waals surface area contributed by atoms with E-state index in [0.29, 0.717) is 33.8 Å². The Morgan fingerprint density at radius 1 is 0.955 bits per heavy atom. The van der Waals surface area contributed by atoms with Crippen LogP contribution in [-0.4, -0.2) is 59.3 Å². The Kier molecular flexibility index (Phi) is 7.95. The van der Waals surface area contributed by atoms with Crippen LogP contribution in [0.4, 0.5) is 21.9 Å². The van der Waals surface area contributed by atoms with Crippen molar-refractivity contribution in [3.05, 3.63) is 105 Å². The average Bonchev–Trinajstić information content (AvgIpc) is 3.49. The molecule has 3 N–H and O–H groups in total. The van der Waals surface area contributed by atoms with Gasteiger partial charge in [0.2, 0.25) is 0 Å². The van der Waals surface area contributed by atoms with Crippen LogP contribution in [0, 0.1) is 10.1 Å². The lowest BCUT2D eigenvalue weighted by Gasteiger charge is -2.26. The Balaban J connectivity index is 1.32. The largest absolute Gasteiger partial charge is 0.354 e. The van der Waals surface area contributed by atoms with E-state index in [1.165, 1.54) is 44.0 Å². The number of likely N-dealkylation sites (tertiary alicyclic amines) is 1. The molecule has 11 nitrogen and oxygen atoms in total. The van der Waals surface area contributed by atoms with Crippen LogP contribution in [0.5, 0.6) is 0 Å². The first-order valence-electron chi connectivity index (χ1n) is 14.6. The van der Waals surface area contributed by atoms with Gasteiger partial charge in [0.1, 0.15) is 5.70 Å². The zero-order chi connectivity index (χ0) is 30.8. The first-order chi connectivity index (χ1) is 21.3. The monoisotopic (exact) mass is 592 g/mol. The topological polar surface area (TPSA) is 137 Å². The van der Waals surface area contributed by atoms with Crippen molar-refractivity contribution >= 4 is 52.3 Å². The molecule has 224 valence electrons. The van der Waals surface area contributed by atoms with E-state index < -0.39 is 16.9 Å². The van der Waals surface area contributed by atoms with E-state index in [-0.39, 0.29) is 17.3 Å². The number of hydrogen-bond donors (Lipinski definition) is 3. The van der Waals surface area contributed by atoms with Crippen molar-refractivity contribution in [2.45, 2.75) is 25.7 Å². The number of carbonyl (C=O) groups excluding carboxylic acids is 3. The lowest BCUT2D eigenvalue weighted by Crippen LogP contribution is -2.31. The zero-order valence-corrected chi connectivity index (χ0v) is 24.3. The van der Waals surface area contributed by atoms with E-state index in [9.17, 15) is 24.5 Å². The Hall–Kier alpha value is -5.29. The van der Waals surface area contributed by atoms with Crippen LogP contribution >= 0.6 is 0 Å². The summed E-state index contributed by atoms with van der Waals surface area (Å²) in [4.78, 5) is 52.0. The molecule has 0 radical (unpaired) electrons. The van der Waals surface area contributed by atoms with E-state index in [1.54, 1.807) is 36.4 Å². The molecule has 0 bridgehead atoms. The second kappa shape index (κ2) is 12.1. The molecule has 11 heteroatoms. The first-order valence-corrected chi connectivity index (χ1v) is 14.6. The van der Waals surface area contributed by atoms with Gasteiger partial charge in [-0.2, -0.15) is 0 Å². The van der Waals surface area contributed by atoms with E-state index in [1.807, 2.05) is 12.1 Å². The van der Waals surface area contributed by atoms with Gasteiger partial charge >= 0.3 is 6.03 Å². The number of urea groups is 1. The summed E-state index contributed by atoms with van der Waals surface area (Å²) in [6.45, 7) is 3.27. The van der Waals surface area contributed by atoms with Crippen molar-refractivity contribution in [3.8, 4) is 0 Å². The Labute approximate surface area is 254 Å². The maximum Gasteiger partial charge on any atom is 0.328 e. The SMILES string of the molecule is CN1C(=O)N/C(=C\c2ccc(N/C(=C3\C(=O)Nc4ccc([N+](=O)[O-])cc43)c3ccc(CCN4CCCCC4)cc3)cc2)C1=O. The number of hydrogen-bond acceptors (Lipinski definition) is 7. The van der Waals surface area contributed by atoms with Gasteiger partial charge in [-0.15, -0.1) is 0 Å². The van der Waals surface area contributed by atoms with Gasteiger partial charge in [-0.1, -0.05) is 42.8 Å². The molecule has 0 unspecified atom stereocenters. The highest BCUT2D eigenvalue weighted by atomic mass is 16.6. The second-order valence-electron chi connectivity index (χ2n) is 11.1. The number of non-ortho nitro benzene ring substituents is 1. The molecule has 0 atom stereocenters. The standard InChI is InChI=1S/C33H32N6O5/c1-37-32(41)28(36-33(37)42)19-22-7-11-24(12-8-22)34-30(29-26-20-25(39(43)44)13-14-27(26)35-31(29)40)23-9-5-21(6-10-23)15-18-38-16-3-2-4-17-38/h5-14,19-20,34H,2-4,15-18H2,1H3,(H,35,40)(H,36,42)/b28-19-,30-29-. The summed E-state index contributed by atoms with van der Waals surface area (Å²) >= 11 is 0. The third-order valence-electron chi connectivity index (χ3n) is 8.19. The van der Waals surface area contributed by atoms with Crippen molar-refractivity contribution in [1.29, 1.82) is 0 Å². The van der Waals surface area contributed by atoms with Crippen molar-refractivity contribution in [3.63, 3.8) is 0 Å². The average molecular weight is 593 g/mol. The van der Waals surface area contributed by atoms with Crippen LogP contribution in [0.2, 0.25) is 0 Å². The van der Waals surface area contributed by atoms with Gasteiger partial charge in [0.05, 0.1) is 16.2 Å². The van der Waals surface area contributed by atoms with Crippen LogP contribution in [0.1, 0.15) is 41.5 Å². The minimum absolute atomic E-state index is 0.109. The highest BCUT2D eigenvalue weighted by molar-refractivity contribution is 6.37. The summed E-state index contributed by atoms with van der Waals surface area (Å²) in [5.41, 5.74) is 5.13. The summed E-state index contributed by atoms with van der Waals surface area (Å²) < 4.78 is 0. The number of nitro benzene ring substituents is 1. The lowest BCUT2D eigenvalue weighted by atomic mass is 9.98. The lowest BCUT2D eigenvalue weighted by molar-refractivity contribution is -0.384. The Bertz CT molecular complexity index is 1710. The number of amides is 4. The van der Waals surface area contributed by atoms with E-state index in [2.05, 4.69) is 33.0 Å². The smallest absolute Gasteiger partial charge is 0.328 e. The van der Waals surface area contributed by atoms with Crippen molar-refractivity contribution in [1.82, 2.24) is 15.1 Å². The number of nitro groups is 1. The van der Waals surface area contributed by atoms with Gasteiger partial charge in [0.15, 0.2) is 0 Å². The maximum atomic E-state index is 13.3.